The Hall–Kier alpha value is -2.29. The number of nitrogens with one attached hydrogen (secondary N) is 1. The highest BCUT2D eigenvalue weighted by atomic mass is 16.3. The molecule has 1 heterocycles. The number of piperidine rings is 1. The highest BCUT2D eigenvalue weighted by Crippen LogP contribution is 2.26. The van der Waals surface area contributed by atoms with Crippen molar-refractivity contribution in [2.24, 2.45) is 17.6 Å². The molecule has 1 aliphatic rings. The summed E-state index contributed by atoms with van der Waals surface area (Å²) >= 11 is 0. The first-order chi connectivity index (χ1) is 15.6. The van der Waals surface area contributed by atoms with Crippen LogP contribution in [0.1, 0.15) is 58.4 Å². The van der Waals surface area contributed by atoms with Crippen molar-refractivity contribution in [3.8, 4) is 5.75 Å². The first kappa shape index (κ1) is 27.0. The molecule has 0 aliphatic carbocycles. The van der Waals surface area contributed by atoms with E-state index < -0.39 is 24.0 Å². The summed E-state index contributed by atoms with van der Waals surface area (Å²) < 4.78 is 0. The van der Waals surface area contributed by atoms with Crippen molar-refractivity contribution in [1.29, 1.82) is 0 Å². The average molecular weight is 462 g/mol. The number of rotatable bonds is 12. The fourth-order valence-corrected chi connectivity index (χ4v) is 4.38. The molecule has 1 fully saturated rings. The summed E-state index contributed by atoms with van der Waals surface area (Å²) in [6, 6.07) is 5.95. The Morgan fingerprint density at radius 2 is 1.88 bits per heavy atom. The van der Waals surface area contributed by atoms with Gasteiger partial charge in [0.1, 0.15) is 5.75 Å². The van der Waals surface area contributed by atoms with Crippen LogP contribution in [-0.4, -0.2) is 63.9 Å². The van der Waals surface area contributed by atoms with Gasteiger partial charge in [-0.15, -0.1) is 0 Å². The Morgan fingerprint density at radius 1 is 1.18 bits per heavy atom. The molecule has 1 aromatic rings. The Bertz CT molecular complexity index is 811. The maximum Gasteiger partial charge on any atom is 0.226 e. The van der Waals surface area contributed by atoms with Gasteiger partial charge < -0.3 is 21.3 Å². The van der Waals surface area contributed by atoms with Crippen LogP contribution < -0.4 is 11.1 Å². The summed E-state index contributed by atoms with van der Waals surface area (Å²) in [6.45, 7) is 6.41. The second-order valence-electron chi connectivity index (χ2n) is 9.32. The Balaban J connectivity index is 2.11. The van der Waals surface area contributed by atoms with Crippen LogP contribution in [0.3, 0.4) is 0 Å². The van der Waals surface area contributed by atoms with Gasteiger partial charge in [0, 0.05) is 24.4 Å². The standard InChI is InChI=1S/C25H39N3O5/c1-16(2)24(32)20(11-12-26)27-25(33)19(17(3)29)14-23(31)21-9-6-7-13-28(21)15-18-8-4-5-10-22(18)30/h4-5,8,10,16-17,19-21,29-30H,6-7,9,11-15,26H2,1-3H3,(H,27,33)/t17-,19-,20-,21?/m0/s1. The van der Waals surface area contributed by atoms with Gasteiger partial charge in [-0.3, -0.25) is 19.3 Å². The molecule has 8 heteroatoms. The molecule has 1 saturated heterocycles. The Morgan fingerprint density at radius 3 is 2.48 bits per heavy atom. The van der Waals surface area contributed by atoms with Gasteiger partial charge >= 0.3 is 0 Å². The number of phenols is 1. The Labute approximate surface area is 196 Å². The number of benzene rings is 1. The van der Waals surface area contributed by atoms with E-state index in [4.69, 9.17) is 5.73 Å². The van der Waals surface area contributed by atoms with Crippen molar-refractivity contribution >= 4 is 17.5 Å². The first-order valence-electron chi connectivity index (χ1n) is 11.9. The van der Waals surface area contributed by atoms with E-state index in [2.05, 4.69) is 5.32 Å². The topological polar surface area (TPSA) is 133 Å². The molecule has 1 unspecified atom stereocenters. The highest BCUT2D eigenvalue weighted by Gasteiger charge is 2.35. The number of hydrogen-bond acceptors (Lipinski definition) is 7. The van der Waals surface area contributed by atoms with Crippen molar-refractivity contribution in [3.05, 3.63) is 29.8 Å². The molecule has 0 saturated carbocycles. The molecule has 33 heavy (non-hydrogen) atoms. The van der Waals surface area contributed by atoms with Crippen molar-refractivity contribution in [2.45, 2.75) is 77.6 Å². The number of carbonyl (C=O) groups is 3. The summed E-state index contributed by atoms with van der Waals surface area (Å²) in [5.74, 6) is -1.77. The van der Waals surface area contributed by atoms with Crippen LogP contribution in [0.15, 0.2) is 24.3 Å². The fraction of sp³-hybridized carbons (Fsp3) is 0.640. The number of aromatic hydroxyl groups is 1. The van der Waals surface area contributed by atoms with Crippen LogP contribution in [0.5, 0.6) is 5.75 Å². The number of hydrogen-bond donors (Lipinski definition) is 4. The predicted octanol–water partition coefficient (Wildman–Crippen LogP) is 1.76. The molecule has 1 aliphatic heterocycles. The summed E-state index contributed by atoms with van der Waals surface area (Å²) in [7, 11) is 0. The number of carbonyl (C=O) groups excluding carboxylic acids is 3. The average Bonchev–Trinajstić information content (AvgIpc) is 2.78. The number of aliphatic hydroxyl groups excluding tert-OH is 1. The number of likely N-dealkylation sites (tertiary alicyclic amines) is 1. The largest absolute Gasteiger partial charge is 0.508 e. The number of phenolic OH excluding ortho intramolecular Hbond substituents is 1. The van der Waals surface area contributed by atoms with E-state index >= 15 is 0 Å². The second-order valence-corrected chi connectivity index (χ2v) is 9.32. The third-order valence-corrected chi connectivity index (χ3v) is 6.37. The molecule has 0 bridgehead atoms. The van der Waals surface area contributed by atoms with Gasteiger partial charge in [0.2, 0.25) is 5.91 Å². The smallest absolute Gasteiger partial charge is 0.226 e. The fourth-order valence-electron chi connectivity index (χ4n) is 4.38. The Kier molecular flexibility index (Phi) is 10.5. The third-order valence-electron chi connectivity index (χ3n) is 6.37. The van der Waals surface area contributed by atoms with E-state index in [1.165, 1.54) is 6.92 Å². The number of para-hydroxylation sites is 1. The lowest BCUT2D eigenvalue weighted by molar-refractivity contribution is -0.137. The minimum absolute atomic E-state index is 0.114. The van der Waals surface area contributed by atoms with Crippen molar-refractivity contribution in [1.82, 2.24) is 10.2 Å². The zero-order valence-corrected chi connectivity index (χ0v) is 20.0. The molecular weight excluding hydrogens is 422 g/mol. The monoisotopic (exact) mass is 461 g/mol. The van der Waals surface area contributed by atoms with Gasteiger partial charge in [0.15, 0.2) is 11.6 Å². The van der Waals surface area contributed by atoms with Crippen LogP contribution in [0.25, 0.3) is 0 Å². The van der Waals surface area contributed by atoms with Crippen LogP contribution in [0.4, 0.5) is 0 Å². The normalized spacial score (nSPS) is 19.6. The van der Waals surface area contributed by atoms with Gasteiger partial charge in [-0.2, -0.15) is 0 Å². The van der Waals surface area contributed by atoms with E-state index in [0.717, 1.165) is 24.9 Å². The lowest BCUT2D eigenvalue weighted by Crippen LogP contribution is -2.50. The molecule has 4 atom stereocenters. The molecule has 0 radical (unpaired) electrons. The van der Waals surface area contributed by atoms with Crippen molar-refractivity contribution in [2.75, 3.05) is 13.1 Å². The SMILES string of the molecule is CC(C)C(=O)[C@H](CCN)NC(=O)[C@@H](CC(=O)C1CCCCN1Cc1ccccc1O)[C@H](C)O. The molecule has 0 spiro atoms. The summed E-state index contributed by atoms with van der Waals surface area (Å²) in [5.41, 5.74) is 6.36. The summed E-state index contributed by atoms with van der Waals surface area (Å²) in [5, 5.41) is 23.1. The van der Waals surface area contributed by atoms with Gasteiger partial charge in [0.25, 0.3) is 0 Å². The van der Waals surface area contributed by atoms with E-state index in [0.29, 0.717) is 19.4 Å². The van der Waals surface area contributed by atoms with Gasteiger partial charge in [-0.1, -0.05) is 38.5 Å². The molecule has 5 N–H and O–H groups in total. The van der Waals surface area contributed by atoms with E-state index in [9.17, 15) is 24.6 Å². The van der Waals surface area contributed by atoms with Crippen LogP contribution >= 0.6 is 0 Å². The molecule has 0 aromatic heterocycles. The first-order valence-corrected chi connectivity index (χ1v) is 11.9. The lowest BCUT2D eigenvalue weighted by Gasteiger charge is -2.35. The minimum atomic E-state index is -1.04. The van der Waals surface area contributed by atoms with Gasteiger partial charge in [0.05, 0.1) is 24.1 Å². The quantitative estimate of drug-likeness (QED) is 0.373. The van der Waals surface area contributed by atoms with Gasteiger partial charge in [-0.25, -0.2) is 0 Å². The minimum Gasteiger partial charge on any atom is -0.508 e. The van der Waals surface area contributed by atoms with Gasteiger partial charge in [-0.05, 0) is 45.3 Å². The molecule has 8 nitrogen and oxygen atoms in total. The molecule has 1 amide bonds. The van der Waals surface area contributed by atoms with E-state index in [1.54, 1.807) is 26.0 Å². The maximum absolute atomic E-state index is 13.3. The summed E-state index contributed by atoms with van der Waals surface area (Å²) in [4.78, 5) is 40.7. The van der Waals surface area contributed by atoms with Crippen LogP contribution in [0.2, 0.25) is 0 Å². The molecule has 184 valence electrons. The van der Waals surface area contributed by atoms with E-state index in [1.807, 2.05) is 17.0 Å². The number of ketones is 2. The van der Waals surface area contributed by atoms with E-state index in [-0.39, 0.29) is 42.2 Å². The van der Waals surface area contributed by atoms with Crippen LogP contribution in [-0.2, 0) is 20.9 Å². The van der Waals surface area contributed by atoms with Crippen molar-refractivity contribution in [3.63, 3.8) is 0 Å². The number of nitrogens with two attached hydrogens (primary N) is 1. The lowest BCUT2D eigenvalue weighted by atomic mass is 9.88. The van der Waals surface area contributed by atoms with Crippen molar-refractivity contribution < 1.29 is 24.6 Å². The van der Waals surface area contributed by atoms with Crippen LogP contribution in [0, 0.1) is 11.8 Å². The maximum atomic E-state index is 13.3. The molecule has 1 aromatic carbocycles. The number of Topliss-reactive ketones (excluding diaryl/α,β-unsaturated/α-hetero) is 2. The number of nitrogens with zero attached hydrogens (tertiary/aromatic N) is 1. The third kappa shape index (κ3) is 7.62. The molecule has 2 rings (SSSR count). The number of amides is 1. The zero-order chi connectivity index (χ0) is 24.5. The second kappa shape index (κ2) is 12.8. The molecular formula is C25H39N3O5. The summed E-state index contributed by atoms with van der Waals surface area (Å²) in [6.07, 6.45) is 1.67. The number of aliphatic hydroxyl groups is 1. The predicted molar refractivity (Wildman–Crippen MR) is 126 cm³/mol. The highest BCUT2D eigenvalue weighted by molar-refractivity contribution is 5.93. The zero-order valence-electron chi connectivity index (χ0n) is 20.0.